The van der Waals surface area contributed by atoms with Crippen molar-refractivity contribution in [1.29, 1.82) is 0 Å². The molecule has 0 unspecified atom stereocenters. The summed E-state index contributed by atoms with van der Waals surface area (Å²) in [5.74, 6) is 0.136. The van der Waals surface area contributed by atoms with Crippen molar-refractivity contribution < 1.29 is 24.1 Å². The molecule has 1 heterocycles. The van der Waals surface area contributed by atoms with E-state index < -0.39 is 11.4 Å². The predicted molar refractivity (Wildman–Crippen MR) is 118 cm³/mol. The molecular weight excluding hydrogens is 445 g/mol. The van der Waals surface area contributed by atoms with Crippen molar-refractivity contribution in [2.75, 3.05) is 14.2 Å². The van der Waals surface area contributed by atoms with E-state index in [1.807, 2.05) is 0 Å². The molecule has 2 aromatic carbocycles. The van der Waals surface area contributed by atoms with Crippen molar-refractivity contribution in [3.8, 4) is 34.4 Å². The molecule has 31 heavy (non-hydrogen) atoms. The van der Waals surface area contributed by atoms with E-state index in [4.69, 9.17) is 37.4 Å². The lowest BCUT2D eigenvalue weighted by Gasteiger charge is -2.20. The van der Waals surface area contributed by atoms with E-state index in [-0.39, 0.29) is 22.2 Å². The van der Waals surface area contributed by atoms with Gasteiger partial charge in [-0.2, -0.15) is 0 Å². The third kappa shape index (κ3) is 4.47. The Morgan fingerprint density at radius 2 is 1.71 bits per heavy atom. The number of hydrogen-bond acceptors (Lipinski definition) is 5. The van der Waals surface area contributed by atoms with Gasteiger partial charge in [0.2, 0.25) is 11.3 Å². The molecule has 0 amide bonds. The number of aromatic carboxylic acids is 1. The fourth-order valence-electron chi connectivity index (χ4n) is 3.17. The Kier molecular flexibility index (Phi) is 6.77. The van der Waals surface area contributed by atoms with Gasteiger partial charge in [-0.15, -0.1) is 0 Å². The Balaban J connectivity index is 2.23. The minimum Gasteiger partial charge on any atom is -0.493 e. The normalized spacial score (nSPS) is 10.6. The van der Waals surface area contributed by atoms with Crippen molar-refractivity contribution in [2.45, 2.75) is 13.5 Å². The molecule has 7 nitrogen and oxygen atoms in total. The Labute approximate surface area is 188 Å². The van der Waals surface area contributed by atoms with Gasteiger partial charge in [-0.3, -0.25) is 4.79 Å². The lowest BCUT2D eigenvalue weighted by atomic mass is 10.0. The topological polar surface area (TPSA) is 87.0 Å². The van der Waals surface area contributed by atoms with Crippen molar-refractivity contribution in [2.24, 2.45) is 0 Å². The van der Waals surface area contributed by atoms with Crippen molar-refractivity contribution >= 4 is 29.2 Å². The molecule has 0 fully saturated rings. The lowest BCUT2D eigenvalue weighted by Crippen LogP contribution is -2.21. The summed E-state index contributed by atoms with van der Waals surface area (Å²) in [6.45, 7) is 2.12. The number of rotatable bonds is 7. The van der Waals surface area contributed by atoms with Gasteiger partial charge in [0, 0.05) is 24.2 Å². The molecule has 1 aromatic heterocycles. The van der Waals surface area contributed by atoms with E-state index in [9.17, 15) is 14.7 Å². The highest BCUT2D eigenvalue weighted by atomic mass is 35.5. The zero-order valence-corrected chi connectivity index (χ0v) is 18.5. The molecule has 0 bridgehead atoms. The molecule has 0 aliphatic carbocycles. The number of carbonyl (C=O) groups is 1. The summed E-state index contributed by atoms with van der Waals surface area (Å²) in [5.41, 5.74) is -0.506. The summed E-state index contributed by atoms with van der Waals surface area (Å²) in [4.78, 5) is 24.6. The van der Waals surface area contributed by atoms with Gasteiger partial charge in [-0.05, 0) is 31.2 Å². The van der Waals surface area contributed by atoms with Crippen LogP contribution < -0.4 is 19.6 Å². The Morgan fingerprint density at radius 3 is 2.29 bits per heavy atom. The van der Waals surface area contributed by atoms with Crippen LogP contribution in [0.15, 0.2) is 47.3 Å². The molecule has 162 valence electrons. The van der Waals surface area contributed by atoms with Crippen LogP contribution in [0.3, 0.4) is 0 Å². The minimum absolute atomic E-state index is 0.158. The number of hydrogen-bond donors (Lipinski definition) is 1. The number of pyridine rings is 1. The minimum atomic E-state index is -1.36. The molecule has 0 aliphatic heterocycles. The SMILES string of the molecule is CCn1c(Oc2ccc(OC)c(OC)c2)cc(=O)c(C(=O)O)c1-c1ccc(Cl)c(Cl)c1. The number of benzene rings is 2. The number of nitrogens with zero attached hydrogens (tertiary/aromatic N) is 1. The summed E-state index contributed by atoms with van der Waals surface area (Å²) >= 11 is 12.1. The van der Waals surface area contributed by atoms with Crippen LogP contribution >= 0.6 is 23.2 Å². The van der Waals surface area contributed by atoms with Gasteiger partial charge in [0.1, 0.15) is 11.3 Å². The summed E-state index contributed by atoms with van der Waals surface area (Å²) in [5, 5.41) is 10.3. The molecule has 0 atom stereocenters. The smallest absolute Gasteiger partial charge is 0.341 e. The Bertz CT molecular complexity index is 1210. The van der Waals surface area contributed by atoms with E-state index in [0.717, 1.165) is 6.07 Å². The second-order valence-corrected chi connectivity index (χ2v) is 7.18. The molecule has 0 saturated heterocycles. The van der Waals surface area contributed by atoms with Crippen molar-refractivity contribution in [1.82, 2.24) is 4.57 Å². The highest BCUT2D eigenvalue weighted by molar-refractivity contribution is 6.42. The first kappa shape index (κ1) is 22.5. The standard InChI is InChI=1S/C22H19Cl2NO6/c1-4-25-19(31-13-6-8-17(29-2)18(10-13)30-3)11-16(26)20(22(27)28)21(25)12-5-7-14(23)15(24)9-12/h5-11H,4H2,1-3H3,(H,27,28). The molecular formula is C22H19Cl2NO6. The lowest BCUT2D eigenvalue weighted by molar-refractivity contribution is 0.0695. The van der Waals surface area contributed by atoms with Crippen molar-refractivity contribution in [3.63, 3.8) is 0 Å². The molecule has 9 heteroatoms. The van der Waals surface area contributed by atoms with Gasteiger partial charge < -0.3 is 23.9 Å². The fraction of sp³-hybridized carbons (Fsp3) is 0.182. The zero-order valence-electron chi connectivity index (χ0n) is 16.9. The maximum Gasteiger partial charge on any atom is 0.341 e. The number of ether oxygens (including phenoxy) is 3. The molecule has 3 rings (SSSR count). The van der Waals surface area contributed by atoms with Crippen LogP contribution in [-0.4, -0.2) is 29.9 Å². The Hall–Kier alpha value is -3.16. The van der Waals surface area contributed by atoms with Crippen LogP contribution in [0.2, 0.25) is 10.0 Å². The molecule has 0 radical (unpaired) electrons. The zero-order chi connectivity index (χ0) is 22.7. The second kappa shape index (κ2) is 9.32. The molecule has 1 N–H and O–H groups in total. The molecule has 0 aliphatic rings. The summed E-state index contributed by atoms with van der Waals surface area (Å²) in [6.07, 6.45) is 0. The van der Waals surface area contributed by atoms with Crippen LogP contribution in [0.1, 0.15) is 17.3 Å². The summed E-state index contributed by atoms with van der Waals surface area (Å²) < 4.78 is 18.0. The van der Waals surface area contributed by atoms with Gasteiger partial charge in [-0.1, -0.05) is 29.3 Å². The first-order valence-corrected chi connectivity index (χ1v) is 9.92. The fourth-order valence-corrected chi connectivity index (χ4v) is 3.47. The summed E-state index contributed by atoms with van der Waals surface area (Å²) in [7, 11) is 3.01. The van der Waals surface area contributed by atoms with E-state index >= 15 is 0 Å². The maximum absolute atomic E-state index is 12.7. The van der Waals surface area contributed by atoms with E-state index in [0.29, 0.717) is 34.4 Å². The monoisotopic (exact) mass is 463 g/mol. The largest absolute Gasteiger partial charge is 0.493 e. The average Bonchev–Trinajstić information content (AvgIpc) is 2.74. The number of halogens is 2. The maximum atomic E-state index is 12.7. The number of carboxylic acid groups (broad SMARTS) is 1. The van der Waals surface area contributed by atoms with Gasteiger partial charge in [0.25, 0.3) is 0 Å². The van der Waals surface area contributed by atoms with Crippen LogP contribution in [0, 0.1) is 0 Å². The molecule has 0 spiro atoms. The number of carboxylic acids is 1. The average molecular weight is 464 g/mol. The quantitative estimate of drug-likeness (QED) is 0.507. The first-order valence-electron chi connectivity index (χ1n) is 9.17. The van der Waals surface area contributed by atoms with Gasteiger partial charge >= 0.3 is 5.97 Å². The van der Waals surface area contributed by atoms with Gasteiger partial charge in [0.15, 0.2) is 11.5 Å². The molecule has 3 aromatic rings. The van der Waals surface area contributed by atoms with Crippen LogP contribution in [0.5, 0.6) is 23.1 Å². The second-order valence-electron chi connectivity index (χ2n) is 6.37. The van der Waals surface area contributed by atoms with Gasteiger partial charge in [-0.25, -0.2) is 4.79 Å². The van der Waals surface area contributed by atoms with Crippen molar-refractivity contribution in [3.05, 3.63) is 68.3 Å². The molecule has 0 saturated carbocycles. The number of aromatic nitrogens is 1. The van der Waals surface area contributed by atoms with E-state index in [1.165, 1.54) is 26.4 Å². The van der Waals surface area contributed by atoms with Gasteiger partial charge in [0.05, 0.1) is 30.0 Å². The predicted octanol–water partition coefficient (Wildman–Crippen LogP) is 5.35. The van der Waals surface area contributed by atoms with E-state index in [1.54, 1.807) is 35.8 Å². The van der Waals surface area contributed by atoms with E-state index in [2.05, 4.69) is 0 Å². The highest BCUT2D eigenvalue weighted by Crippen LogP contribution is 2.35. The first-order chi connectivity index (χ1) is 14.8. The van der Waals surface area contributed by atoms with Crippen LogP contribution in [-0.2, 0) is 6.54 Å². The summed E-state index contributed by atoms with van der Waals surface area (Å²) in [6, 6.07) is 10.7. The van der Waals surface area contributed by atoms with Crippen LogP contribution in [0.25, 0.3) is 11.3 Å². The third-order valence-corrected chi connectivity index (χ3v) is 5.31. The third-order valence-electron chi connectivity index (χ3n) is 4.57. The number of methoxy groups -OCH3 is 2. The Morgan fingerprint density at radius 1 is 1.00 bits per heavy atom. The van der Waals surface area contributed by atoms with Crippen LogP contribution in [0.4, 0.5) is 0 Å². The highest BCUT2D eigenvalue weighted by Gasteiger charge is 2.23.